The van der Waals surface area contributed by atoms with Gasteiger partial charge in [-0.1, -0.05) is 6.42 Å². The molecule has 4 heteroatoms. The van der Waals surface area contributed by atoms with Crippen LogP contribution in [-0.2, 0) is 9.53 Å². The van der Waals surface area contributed by atoms with Crippen LogP contribution in [0.4, 0.5) is 0 Å². The van der Waals surface area contributed by atoms with Crippen LogP contribution in [0, 0.1) is 11.8 Å². The molecule has 3 unspecified atom stereocenters. The fourth-order valence-corrected chi connectivity index (χ4v) is 4.39. The number of esters is 1. The summed E-state index contributed by atoms with van der Waals surface area (Å²) in [6.07, 6.45) is 4.81. The highest BCUT2D eigenvalue weighted by atomic mass is 16.5. The van der Waals surface area contributed by atoms with Crippen LogP contribution in [-0.4, -0.2) is 49.2 Å². The second-order valence-corrected chi connectivity index (χ2v) is 5.96. The monoisotopic (exact) mass is 252 g/mol. The van der Waals surface area contributed by atoms with E-state index in [0.29, 0.717) is 12.5 Å². The van der Waals surface area contributed by atoms with E-state index in [4.69, 9.17) is 4.74 Å². The van der Waals surface area contributed by atoms with Crippen molar-refractivity contribution in [2.45, 2.75) is 38.1 Å². The van der Waals surface area contributed by atoms with E-state index >= 15 is 0 Å². The maximum absolute atomic E-state index is 12.6. The Morgan fingerprint density at radius 2 is 2.17 bits per heavy atom. The molecule has 1 heterocycles. The van der Waals surface area contributed by atoms with E-state index in [-0.39, 0.29) is 11.5 Å². The lowest BCUT2D eigenvalue weighted by atomic mass is 9.79. The summed E-state index contributed by atoms with van der Waals surface area (Å²) in [5.74, 6) is 1.35. The summed E-state index contributed by atoms with van der Waals surface area (Å²) in [4.78, 5) is 15.0. The Labute approximate surface area is 109 Å². The van der Waals surface area contributed by atoms with E-state index in [0.717, 1.165) is 38.5 Å². The zero-order valence-corrected chi connectivity index (χ0v) is 11.3. The fourth-order valence-electron chi connectivity index (χ4n) is 4.39. The standard InChI is InChI=1S/C14H24N2O2/c1-2-18-13(17)14(16-7-5-15-6-8-16)10-11-3-4-12(14)9-11/h11-12,15H,2-10H2,1H3. The maximum Gasteiger partial charge on any atom is 0.326 e. The number of rotatable bonds is 3. The summed E-state index contributed by atoms with van der Waals surface area (Å²) >= 11 is 0. The van der Waals surface area contributed by atoms with Gasteiger partial charge in [-0.3, -0.25) is 9.69 Å². The van der Waals surface area contributed by atoms with Gasteiger partial charge in [0.1, 0.15) is 5.54 Å². The van der Waals surface area contributed by atoms with Gasteiger partial charge in [-0.25, -0.2) is 0 Å². The number of hydrogen-bond acceptors (Lipinski definition) is 4. The minimum atomic E-state index is -0.277. The number of piperazine rings is 1. The molecule has 3 aliphatic rings. The topological polar surface area (TPSA) is 41.6 Å². The van der Waals surface area contributed by atoms with Crippen molar-refractivity contribution in [2.24, 2.45) is 11.8 Å². The Morgan fingerprint density at radius 1 is 1.39 bits per heavy atom. The lowest BCUT2D eigenvalue weighted by Crippen LogP contribution is -2.63. The first-order valence-corrected chi connectivity index (χ1v) is 7.40. The van der Waals surface area contributed by atoms with Crippen molar-refractivity contribution in [1.82, 2.24) is 10.2 Å². The molecule has 0 aromatic rings. The van der Waals surface area contributed by atoms with E-state index in [1.54, 1.807) is 0 Å². The smallest absolute Gasteiger partial charge is 0.326 e. The Kier molecular flexibility index (Phi) is 3.32. The van der Waals surface area contributed by atoms with Gasteiger partial charge in [-0.15, -0.1) is 0 Å². The Hall–Kier alpha value is -0.610. The highest BCUT2D eigenvalue weighted by Crippen LogP contribution is 2.54. The molecule has 1 N–H and O–H groups in total. The summed E-state index contributed by atoms with van der Waals surface area (Å²) in [5, 5.41) is 3.38. The number of ether oxygens (including phenoxy) is 1. The molecule has 1 aliphatic heterocycles. The first kappa shape index (κ1) is 12.4. The molecule has 0 aromatic carbocycles. The number of nitrogens with one attached hydrogen (secondary N) is 1. The van der Waals surface area contributed by atoms with Gasteiger partial charge in [0.2, 0.25) is 0 Å². The molecular formula is C14H24N2O2. The van der Waals surface area contributed by atoms with Crippen LogP contribution in [0.1, 0.15) is 32.6 Å². The summed E-state index contributed by atoms with van der Waals surface area (Å²) in [5.41, 5.74) is -0.277. The highest BCUT2D eigenvalue weighted by Gasteiger charge is 2.59. The van der Waals surface area contributed by atoms with Crippen molar-refractivity contribution in [1.29, 1.82) is 0 Å². The Morgan fingerprint density at radius 3 is 2.72 bits per heavy atom. The maximum atomic E-state index is 12.6. The van der Waals surface area contributed by atoms with Crippen molar-refractivity contribution in [2.75, 3.05) is 32.8 Å². The third-order valence-corrected chi connectivity index (χ3v) is 5.13. The molecule has 102 valence electrons. The van der Waals surface area contributed by atoms with Crippen LogP contribution in [0.5, 0.6) is 0 Å². The largest absolute Gasteiger partial charge is 0.465 e. The molecule has 1 saturated heterocycles. The molecule has 3 fully saturated rings. The van der Waals surface area contributed by atoms with Crippen molar-refractivity contribution < 1.29 is 9.53 Å². The normalized spacial score (nSPS) is 40.1. The van der Waals surface area contributed by atoms with Crippen molar-refractivity contribution in [3.63, 3.8) is 0 Å². The van der Waals surface area contributed by atoms with Gasteiger partial charge in [0.05, 0.1) is 6.61 Å². The molecule has 3 rings (SSSR count). The summed E-state index contributed by atoms with van der Waals surface area (Å²) in [6, 6.07) is 0. The summed E-state index contributed by atoms with van der Waals surface area (Å²) in [6.45, 7) is 6.39. The van der Waals surface area contributed by atoms with Gasteiger partial charge in [0.25, 0.3) is 0 Å². The Balaban J connectivity index is 1.85. The molecule has 0 aromatic heterocycles. The first-order chi connectivity index (χ1) is 8.77. The van der Waals surface area contributed by atoms with E-state index in [9.17, 15) is 4.79 Å². The third kappa shape index (κ3) is 1.77. The molecule has 2 bridgehead atoms. The predicted molar refractivity (Wildman–Crippen MR) is 69.3 cm³/mol. The van der Waals surface area contributed by atoms with Crippen LogP contribution in [0.25, 0.3) is 0 Å². The molecular weight excluding hydrogens is 228 g/mol. The van der Waals surface area contributed by atoms with E-state index in [1.165, 1.54) is 19.3 Å². The summed E-state index contributed by atoms with van der Waals surface area (Å²) < 4.78 is 5.43. The number of carbonyl (C=O) groups is 1. The average Bonchev–Trinajstić information content (AvgIpc) is 3.01. The molecule has 18 heavy (non-hydrogen) atoms. The molecule has 0 radical (unpaired) electrons. The van der Waals surface area contributed by atoms with Gasteiger partial charge < -0.3 is 10.1 Å². The van der Waals surface area contributed by atoms with Crippen LogP contribution < -0.4 is 5.32 Å². The van der Waals surface area contributed by atoms with Crippen LogP contribution in [0.3, 0.4) is 0 Å². The molecule has 2 aliphatic carbocycles. The lowest BCUT2D eigenvalue weighted by Gasteiger charge is -2.46. The lowest BCUT2D eigenvalue weighted by molar-refractivity contribution is -0.163. The quantitative estimate of drug-likeness (QED) is 0.761. The zero-order chi connectivity index (χ0) is 12.6. The highest BCUT2D eigenvalue weighted by molar-refractivity contribution is 5.82. The predicted octanol–water partition coefficient (Wildman–Crippen LogP) is 1.01. The number of hydrogen-bond donors (Lipinski definition) is 1. The first-order valence-electron chi connectivity index (χ1n) is 7.40. The van der Waals surface area contributed by atoms with Crippen molar-refractivity contribution in [3.8, 4) is 0 Å². The number of carbonyl (C=O) groups excluding carboxylic acids is 1. The van der Waals surface area contributed by atoms with Crippen molar-refractivity contribution in [3.05, 3.63) is 0 Å². The van der Waals surface area contributed by atoms with Crippen LogP contribution >= 0.6 is 0 Å². The summed E-state index contributed by atoms with van der Waals surface area (Å²) in [7, 11) is 0. The van der Waals surface area contributed by atoms with Crippen LogP contribution in [0.15, 0.2) is 0 Å². The fraction of sp³-hybridized carbons (Fsp3) is 0.929. The van der Waals surface area contributed by atoms with Gasteiger partial charge in [0.15, 0.2) is 0 Å². The minimum absolute atomic E-state index is 0.0547. The number of fused-ring (bicyclic) bond motifs is 2. The molecule has 4 nitrogen and oxygen atoms in total. The van der Waals surface area contributed by atoms with Gasteiger partial charge in [0, 0.05) is 26.2 Å². The molecule has 0 spiro atoms. The van der Waals surface area contributed by atoms with E-state index in [1.807, 2.05) is 6.92 Å². The van der Waals surface area contributed by atoms with Gasteiger partial charge in [-0.2, -0.15) is 0 Å². The van der Waals surface area contributed by atoms with Crippen LogP contribution in [0.2, 0.25) is 0 Å². The average molecular weight is 252 g/mol. The zero-order valence-electron chi connectivity index (χ0n) is 11.3. The second-order valence-electron chi connectivity index (χ2n) is 5.96. The van der Waals surface area contributed by atoms with Crippen molar-refractivity contribution >= 4 is 5.97 Å². The molecule has 2 saturated carbocycles. The molecule has 0 amide bonds. The van der Waals surface area contributed by atoms with E-state index in [2.05, 4.69) is 10.2 Å². The minimum Gasteiger partial charge on any atom is -0.465 e. The van der Waals surface area contributed by atoms with Gasteiger partial charge in [-0.05, 0) is 38.0 Å². The molecule has 3 atom stereocenters. The van der Waals surface area contributed by atoms with E-state index < -0.39 is 0 Å². The number of nitrogens with zero attached hydrogens (tertiary/aromatic N) is 1. The second kappa shape index (κ2) is 4.82. The SMILES string of the molecule is CCOC(=O)C1(N2CCNCC2)CC2CCC1C2. The van der Waals surface area contributed by atoms with Gasteiger partial charge >= 0.3 is 5.97 Å². The third-order valence-electron chi connectivity index (χ3n) is 5.13. The Bertz CT molecular complexity index is 328.